The molecule has 5 heteroatoms. The van der Waals surface area contributed by atoms with Crippen molar-refractivity contribution in [3.8, 4) is 0 Å². The fourth-order valence-corrected chi connectivity index (χ4v) is 1.20. The Morgan fingerprint density at radius 3 is 2.76 bits per heavy atom. The molecule has 1 aromatic rings. The molecule has 4 N–H and O–H groups in total. The van der Waals surface area contributed by atoms with Gasteiger partial charge in [0.15, 0.2) is 0 Å². The van der Waals surface area contributed by atoms with Crippen molar-refractivity contribution >= 4 is 17.5 Å². The Labute approximate surface area is 101 Å². The average Bonchev–Trinajstić information content (AvgIpc) is 2.27. The molecule has 0 spiro atoms. The van der Waals surface area contributed by atoms with E-state index in [9.17, 15) is 4.79 Å². The quantitative estimate of drug-likeness (QED) is 0.730. The zero-order chi connectivity index (χ0) is 13.1. The van der Waals surface area contributed by atoms with Crippen LogP contribution in [0.25, 0.3) is 0 Å². The first kappa shape index (κ1) is 13.3. The van der Waals surface area contributed by atoms with E-state index in [1.54, 1.807) is 0 Å². The second-order valence-electron chi connectivity index (χ2n) is 4.83. The molecule has 0 aliphatic rings. The van der Waals surface area contributed by atoms with Crippen molar-refractivity contribution in [3.05, 3.63) is 17.8 Å². The Bertz CT molecular complexity index is 416. The predicted molar refractivity (Wildman–Crippen MR) is 68.2 cm³/mol. The number of carboxylic acids is 1. The molecule has 0 amide bonds. The van der Waals surface area contributed by atoms with Gasteiger partial charge in [0.05, 0.1) is 17.4 Å². The summed E-state index contributed by atoms with van der Waals surface area (Å²) in [7, 11) is 0. The van der Waals surface area contributed by atoms with E-state index in [2.05, 4.69) is 31.1 Å². The van der Waals surface area contributed by atoms with Crippen LogP contribution in [0.5, 0.6) is 0 Å². The average molecular weight is 237 g/mol. The molecule has 0 atom stereocenters. The number of hydrogen-bond donors (Lipinski definition) is 3. The van der Waals surface area contributed by atoms with Crippen molar-refractivity contribution in [2.75, 3.05) is 17.6 Å². The Morgan fingerprint density at radius 1 is 1.59 bits per heavy atom. The number of rotatable bonds is 5. The van der Waals surface area contributed by atoms with Crippen molar-refractivity contribution in [2.45, 2.75) is 27.2 Å². The summed E-state index contributed by atoms with van der Waals surface area (Å²) in [5.74, 6) is -0.499. The number of aromatic nitrogens is 1. The number of anilines is 2. The lowest BCUT2D eigenvalue weighted by Gasteiger charge is -2.23. The highest BCUT2D eigenvalue weighted by atomic mass is 16.4. The maximum Gasteiger partial charge on any atom is 0.337 e. The summed E-state index contributed by atoms with van der Waals surface area (Å²) in [6, 6.07) is 1.46. The number of nitrogens with zero attached hydrogens (tertiary/aromatic N) is 1. The summed E-state index contributed by atoms with van der Waals surface area (Å²) < 4.78 is 0. The zero-order valence-electron chi connectivity index (χ0n) is 10.4. The number of nitrogens with two attached hydrogens (primary N) is 1. The van der Waals surface area contributed by atoms with Crippen LogP contribution in [0.3, 0.4) is 0 Å². The smallest absolute Gasteiger partial charge is 0.337 e. The zero-order valence-corrected chi connectivity index (χ0v) is 10.4. The fraction of sp³-hybridized carbons (Fsp3) is 0.500. The van der Waals surface area contributed by atoms with Gasteiger partial charge < -0.3 is 16.2 Å². The van der Waals surface area contributed by atoms with Gasteiger partial charge in [-0.15, -0.1) is 0 Å². The highest BCUT2D eigenvalue weighted by Gasteiger charge is 2.15. The summed E-state index contributed by atoms with van der Waals surface area (Å²) >= 11 is 0. The van der Waals surface area contributed by atoms with Crippen molar-refractivity contribution in [3.63, 3.8) is 0 Å². The molecular weight excluding hydrogens is 218 g/mol. The number of pyridine rings is 1. The lowest BCUT2D eigenvalue weighted by molar-refractivity contribution is 0.0698. The molecule has 94 valence electrons. The van der Waals surface area contributed by atoms with E-state index in [4.69, 9.17) is 10.8 Å². The molecule has 0 saturated heterocycles. The van der Waals surface area contributed by atoms with Crippen molar-refractivity contribution in [1.29, 1.82) is 0 Å². The van der Waals surface area contributed by atoms with Crippen LogP contribution in [0.1, 0.15) is 37.6 Å². The Morgan fingerprint density at radius 2 is 2.24 bits per heavy atom. The summed E-state index contributed by atoms with van der Waals surface area (Å²) in [5, 5.41) is 12.1. The molecule has 5 nitrogen and oxygen atoms in total. The highest BCUT2D eigenvalue weighted by molar-refractivity contribution is 5.94. The third kappa shape index (κ3) is 3.62. The molecule has 0 bridgehead atoms. The van der Waals surface area contributed by atoms with E-state index < -0.39 is 5.97 Å². The van der Waals surface area contributed by atoms with Crippen LogP contribution in [-0.2, 0) is 0 Å². The van der Waals surface area contributed by atoms with Crippen LogP contribution in [0.15, 0.2) is 12.3 Å². The SMILES string of the molecule is CCC(C)(C)CNc1cc(C(=O)O)c(N)cn1. The molecule has 0 aliphatic heterocycles. The standard InChI is InChI=1S/C12H19N3O2/c1-4-12(2,3)7-15-10-5-8(11(16)17)9(13)6-14-10/h5-6H,4,7,13H2,1-3H3,(H,14,15)(H,16,17). The lowest BCUT2D eigenvalue weighted by atomic mass is 9.90. The first-order chi connectivity index (χ1) is 7.85. The lowest BCUT2D eigenvalue weighted by Crippen LogP contribution is -2.22. The van der Waals surface area contributed by atoms with Crippen LogP contribution in [-0.4, -0.2) is 22.6 Å². The van der Waals surface area contributed by atoms with E-state index >= 15 is 0 Å². The summed E-state index contributed by atoms with van der Waals surface area (Å²) in [6.45, 7) is 7.12. The minimum absolute atomic E-state index is 0.0804. The fourth-order valence-electron chi connectivity index (χ4n) is 1.20. The van der Waals surface area contributed by atoms with Gasteiger partial charge in [-0.05, 0) is 17.9 Å². The number of aromatic carboxylic acids is 1. The molecule has 0 saturated carbocycles. The topological polar surface area (TPSA) is 88.2 Å². The number of hydrogen-bond acceptors (Lipinski definition) is 4. The Kier molecular flexibility index (Phi) is 3.93. The second kappa shape index (κ2) is 5.03. The van der Waals surface area contributed by atoms with Gasteiger partial charge in [-0.3, -0.25) is 0 Å². The third-order valence-electron chi connectivity index (χ3n) is 2.87. The molecule has 0 aromatic carbocycles. The molecule has 1 heterocycles. The van der Waals surface area contributed by atoms with E-state index in [0.29, 0.717) is 5.82 Å². The first-order valence-corrected chi connectivity index (χ1v) is 5.58. The minimum atomic E-state index is -1.04. The van der Waals surface area contributed by atoms with Crippen molar-refractivity contribution in [1.82, 2.24) is 4.98 Å². The number of nitrogens with one attached hydrogen (secondary N) is 1. The molecule has 17 heavy (non-hydrogen) atoms. The molecular formula is C12H19N3O2. The summed E-state index contributed by atoms with van der Waals surface area (Å²) in [4.78, 5) is 15.0. The van der Waals surface area contributed by atoms with E-state index in [0.717, 1.165) is 13.0 Å². The molecule has 1 rings (SSSR count). The van der Waals surface area contributed by atoms with Crippen LogP contribution in [0.2, 0.25) is 0 Å². The van der Waals surface area contributed by atoms with Gasteiger partial charge in [-0.2, -0.15) is 0 Å². The van der Waals surface area contributed by atoms with E-state index in [-0.39, 0.29) is 16.7 Å². The van der Waals surface area contributed by atoms with Crippen molar-refractivity contribution < 1.29 is 9.90 Å². The van der Waals surface area contributed by atoms with Crippen LogP contribution in [0, 0.1) is 5.41 Å². The predicted octanol–water partition coefficient (Wildman–Crippen LogP) is 2.21. The maximum atomic E-state index is 10.9. The summed E-state index contributed by atoms with van der Waals surface area (Å²) in [6.07, 6.45) is 2.39. The maximum absolute atomic E-state index is 10.9. The van der Waals surface area contributed by atoms with Gasteiger partial charge in [-0.25, -0.2) is 9.78 Å². The van der Waals surface area contributed by atoms with E-state index in [1.165, 1.54) is 12.3 Å². The van der Waals surface area contributed by atoms with Gasteiger partial charge >= 0.3 is 5.97 Å². The number of nitrogen functional groups attached to an aromatic ring is 1. The van der Waals surface area contributed by atoms with Gasteiger partial charge in [0.1, 0.15) is 5.82 Å². The van der Waals surface area contributed by atoms with Crippen LogP contribution >= 0.6 is 0 Å². The minimum Gasteiger partial charge on any atom is -0.478 e. The largest absolute Gasteiger partial charge is 0.478 e. The van der Waals surface area contributed by atoms with Gasteiger partial charge in [0, 0.05) is 6.54 Å². The molecule has 0 aliphatic carbocycles. The Balaban J connectivity index is 2.80. The van der Waals surface area contributed by atoms with Crippen LogP contribution < -0.4 is 11.1 Å². The highest BCUT2D eigenvalue weighted by Crippen LogP contribution is 2.21. The van der Waals surface area contributed by atoms with E-state index in [1.807, 2.05) is 0 Å². The number of carboxylic acid groups (broad SMARTS) is 1. The normalized spacial score (nSPS) is 11.2. The van der Waals surface area contributed by atoms with Crippen LogP contribution in [0.4, 0.5) is 11.5 Å². The third-order valence-corrected chi connectivity index (χ3v) is 2.87. The number of carbonyl (C=O) groups is 1. The van der Waals surface area contributed by atoms with Gasteiger partial charge in [0.2, 0.25) is 0 Å². The molecule has 0 radical (unpaired) electrons. The molecule has 0 fully saturated rings. The second-order valence-corrected chi connectivity index (χ2v) is 4.83. The Hall–Kier alpha value is -1.78. The van der Waals surface area contributed by atoms with Crippen molar-refractivity contribution in [2.24, 2.45) is 5.41 Å². The van der Waals surface area contributed by atoms with Gasteiger partial charge in [0.25, 0.3) is 0 Å². The monoisotopic (exact) mass is 237 g/mol. The first-order valence-electron chi connectivity index (χ1n) is 5.58. The molecule has 1 aromatic heterocycles. The van der Waals surface area contributed by atoms with Gasteiger partial charge in [-0.1, -0.05) is 20.8 Å². The molecule has 0 unspecified atom stereocenters. The summed E-state index contributed by atoms with van der Waals surface area (Å²) in [5.41, 5.74) is 5.93.